The second-order valence-electron chi connectivity index (χ2n) is 4.74. The average Bonchev–Trinajstić information content (AvgIpc) is 2.38. The number of amides is 1. The molecule has 0 aliphatic carbocycles. The summed E-state index contributed by atoms with van der Waals surface area (Å²) < 4.78 is 17.9. The lowest BCUT2D eigenvalue weighted by molar-refractivity contribution is -0.157. The molecule has 0 bridgehead atoms. The molecule has 0 atom stereocenters. The summed E-state index contributed by atoms with van der Waals surface area (Å²) in [7, 11) is 0. The smallest absolute Gasteiger partial charge is 0.329 e. The predicted molar refractivity (Wildman–Crippen MR) is 71.0 cm³/mol. The van der Waals surface area contributed by atoms with E-state index in [-0.39, 0.29) is 13.2 Å². The van der Waals surface area contributed by atoms with Crippen molar-refractivity contribution in [1.82, 2.24) is 4.90 Å². The maximum Gasteiger partial charge on any atom is 0.329 e. The first kappa shape index (κ1) is 15.9. The Morgan fingerprint density at radius 3 is 2.30 bits per heavy atom. The van der Waals surface area contributed by atoms with Crippen molar-refractivity contribution in [3.8, 4) is 5.75 Å². The van der Waals surface area contributed by atoms with Gasteiger partial charge in [0.1, 0.15) is 17.1 Å². The predicted octanol–water partition coefficient (Wildman–Crippen LogP) is 1.92. The number of halogens is 1. The summed E-state index contributed by atoms with van der Waals surface area (Å²) in [5, 5.41) is 9.13. The van der Waals surface area contributed by atoms with Crippen LogP contribution in [0, 0.1) is 5.82 Å². The highest BCUT2D eigenvalue weighted by Crippen LogP contribution is 2.16. The van der Waals surface area contributed by atoms with E-state index in [0.29, 0.717) is 5.75 Å². The van der Waals surface area contributed by atoms with Gasteiger partial charge in [0.25, 0.3) is 5.91 Å². The number of likely N-dealkylation sites (N-methyl/N-ethyl adjacent to an activating group) is 1. The van der Waals surface area contributed by atoms with Crippen LogP contribution in [0.1, 0.15) is 20.8 Å². The number of carbonyl (C=O) groups excluding carboxylic acids is 1. The molecule has 1 rings (SSSR count). The fourth-order valence-corrected chi connectivity index (χ4v) is 1.75. The molecule has 1 aromatic carbocycles. The minimum atomic E-state index is -1.31. The van der Waals surface area contributed by atoms with Crippen LogP contribution in [0.3, 0.4) is 0 Å². The van der Waals surface area contributed by atoms with E-state index < -0.39 is 23.2 Å². The molecule has 0 radical (unpaired) electrons. The zero-order valence-electron chi connectivity index (χ0n) is 11.7. The summed E-state index contributed by atoms with van der Waals surface area (Å²) in [6, 6.07) is 5.25. The molecule has 6 heteroatoms. The first-order valence-corrected chi connectivity index (χ1v) is 6.21. The fraction of sp³-hybridized carbons (Fsp3) is 0.429. The molecular weight excluding hydrogens is 265 g/mol. The lowest BCUT2D eigenvalue weighted by Gasteiger charge is -2.34. The van der Waals surface area contributed by atoms with Crippen LogP contribution in [0.25, 0.3) is 0 Å². The Kier molecular flexibility index (Phi) is 5.07. The van der Waals surface area contributed by atoms with E-state index in [0.717, 1.165) is 0 Å². The van der Waals surface area contributed by atoms with Crippen molar-refractivity contribution in [2.45, 2.75) is 26.3 Å². The van der Waals surface area contributed by atoms with E-state index >= 15 is 0 Å². The summed E-state index contributed by atoms with van der Waals surface area (Å²) in [5.74, 6) is -1.58. The van der Waals surface area contributed by atoms with E-state index in [1.165, 1.54) is 43.0 Å². The number of carboxylic acids is 1. The van der Waals surface area contributed by atoms with E-state index in [2.05, 4.69) is 0 Å². The van der Waals surface area contributed by atoms with Gasteiger partial charge in [0.05, 0.1) is 0 Å². The van der Waals surface area contributed by atoms with E-state index in [1.807, 2.05) is 0 Å². The molecule has 1 N–H and O–H groups in total. The molecule has 0 saturated carbocycles. The first-order chi connectivity index (χ1) is 9.28. The minimum Gasteiger partial charge on any atom is -0.484 e. The lowest BCUT2D eigenvalue weighted by atomic mass is 10.0. The van der Waals surface area contributed by atoms with Crippen LogP contribution >= 0.6 is 0 Å². The maximum absolute atomic E-state index is 12.7. The van der Waals surface area contributed by atoms with E-state index in [4.69, 9.17) is 9.84 Å². The number of aliphatic carboxylic acids is 1. The number of hydrogen-bond donors (Lipinski definition) is 1. The van der Waals surface area contributed by atoms with Crippen molar-refractivity contribution in [2.75, 3.05) is 13.2 Å². The van der Waals surface area contributed by atoms with Crippen LogP contribution in [0.15, 0.2) is 24.3 Å². The number of rotatable bonds is 6. The van der Waals surface area contributed by atoms with Gasteiger partial charge in [-0.05, 0) is 45.0 Å². The summed E-state index contributed by atoms with van der Waals surface area (Å²) >= 11 is 0. The summed E-state index contributed by atoms with van der Waals surface area (Å²) in [6.07, 6.45) is 0. The van der Waals surface area contributed by atoms with Crippen LogP contribution in [0.5, 0.6) is 5.75 Å². The minimum absolute atomic E-state index is 0.255. The van der Waals surface area contributed by atoms with Gasteiger partial charge in [-0.15, -0.1) is 0 Å². The Morgan fingerprint density at radius 2 is 1.85 bits per heavy atom. The monoisotopic (exact) mass is 283 g/mol. The average molecular weight is 283 g/mol. The van der Waals surface area contributed by atoms with Crippen molar-refractivity contribution in [3.63, 3.8) is 0 Å². The van der Waals surface area contributed by atoms with Gasteiger partial charge in [0.2, 0.25) is 0 Å². The van der Waals surface area contributed by atoms with Crippen LogP contribution in [0.4, 0.5) is 4.39 Å². The number of hydrogen-bond acceptors (Lipinski definition) is 3. The topological polar surface area (TPSA) is 66.8 Å². The molecule has 0 aliphatic heterocycles. The number of nitrogens with zero attached hydrogens (tertiary/aromatic N) is 1. The quantitative estimate of drug-likeness (QED) is 0.866. The third-order valence-corrected chi connectivity index (χ3v) is 2.99. The van der Waals surface area contributed by atoms with Crippen LogP contribution in [-0.4, -0.2) is 40.6 Å². The Bertz CT molecular complexity index is 484. The normalized spacial score (nSPS) is 11.0. The number of ether oxygens (including phenoxy) is 1. The summed E-state index contributed by atoms with van der Waals surface area (Å²) in [5.41, 5.74) is -1.31. The Hall–Kier alpha value is -2.11. The first-order valence-electron chi connectivity index (χ1n) is 6.21. The molecule has 5 nitrogen and oxygen atoms in total. The Balaban J connectivity index is 2.69. The molecule has 110 valence electrons. The highest BCUT2D eigenvalue weighted by molar-refractivity contribution is 5.87. The molecule has 0 saturated heterocycles. The molecule has 0 aromatic heterocycles. The van der Waals surface area contributed by atoms with Gasteiger partial charge in [0, 0.05) is 6.54 Å². The molecule has 0 heterocycles. The standard InChI is InChI=1S/C14H18FNO4/c1-4-16(14(2,3)13(18)19)12(17)9-20-11-7-5-10(15)6-8-11/h5-8H,4,9H2,1-3H3,(H,18,19). The highest BCUT2D eigenvalue weighted by Gasteiger charge is 2.36. The number of benzene rings is 1. The van der Waals surface area contributed by atoms with Gasteiger partial charge in [-0.1, -0.05) is 0 Å². The van der Waals surface area contributed by atoms with Gasteiger partial charge in [-0.2, -0.15) is 0 Å². The molecule has 0 spiro atoms. The highest BCUT2D eigenvalue weighted by atomic mass is 19.1. The molecule has 1 aromatic rings. The van der Waals surface area contributed by atoms with Gasteiger partial charge < -0.3 is 14.7 Å². The molecule has 0 fully saturated rings. The van der Waals surface area contributed by atoms with Gasteiger partial charge in [-0.25, -0.2) is 9.18 Å². The third-order valence-electron chi connectivity index (χ3n) is 2.99. The van der Waals surface area contributed by atoms with E-state index in [9.17, 15) is 14.0 Å². The van der Waals surface area contributed by atoms with Crippen molar-refractivity contribution in [1.29, 1.82) is 0 Å². The number of carboxylic acid groups (broad SMARTS) is 1. The van der Waals surface area contributed by atoms with Gasteiger partial charge in [-0.3, -0.25) is 4.79 Å². The Labute approximate surface area is 117 Å². The maximum atomic E-state index is 12.7. The fourth-order valence-electron chi connectivity index (χ4n) is 1.75. The van der Waals surface area contributed by atoms with Crippen LogP contribution < -0.4 is 4.74 Å². The number of carbonyl (C=O) groups is 2. The van der Waals surface area contributed by atoms with Crippen LogP contribution in [0.2, 0.25) is 0 Å². The Morgan fingerprint density at radius 1 is 1.30 bits per heavy atom. The third kappa shape index (κ3) is 3.69. The van der Waals surface area contributed by atoms with E-state index in [1.54, 1.807) is 6.92 Å². The molecule has 1 amide bonds. The van der Waals surface area contributed by atoms with Gasteiger partial charge >= 0.3 is 5.97 Å². The summed E-state index contributed by atoms with van der Waals surface area (Å²) in [6.45, 7) is 4.56. The zero-order valence-corrected chi connectivity index (χ0v) is 11.7. The van der Waals surface area contributed by atoms with Crippen molar-refractivity contribution in [2.24, 2.45) is 0 Å². The van der Waals surface area contributed by atoms with Gasteiger partial charge in [0.15, 0.2) is 6.61 Å². The SMILES string of the molecule is CCN(C(=O)COc1ccc(F)cc1)C(C)(C)C(=O)O. The lowest BCUT2D eigenvalue weighted by Crippen LogP contribution is -2.54. The largest absolute Gasteiger partial charge is 0.484 e. The van der Waals surface area contributed by atoms with Crippen molar-refractivity contribution in [3.05, 3.63) is 30.1 Å². The van der Waals surface area contributed by atoms with Crippen molar-refractivity contribution < 1.29 is 23.8 Å². The summed E-state index contributed by atoms with van der Waals surface area (Å²) in [4.78, 5) is 24.4. The molecule has 20 heavy (non-hydrogen) atoms. The van der Waals surface area contributed by atoms with Crippen molar-refractivity contribution >= 4 is 11.9 Å². The second kappa shape index (κ2) is 6.36. The molecular formula is C14H18FNO4. The van der Waals surface area contributed by atoms with Crippen LogP contribution in [-0.2, 0) is 9.59 Å². The molecule has 0 aliphatic rings. The molecule has 0 unspecified atom stereocenters. The second-order valence-corrected chi connectivity index (χ2v) is 4.74. The zero-order chi connectivity index (χ0) is 15.3.